The van der Waals surface area contributed by atoms with Crippen molar-refractivity contribution in [2.75, 3.05) is 16.8 Å². The summed E-state index contributed by atoms with van der Waals surface area (Å²) in [6.07, 6.45) is 5.52. The number of hydrogen-bond acceptors (Lipinski definition) is 10. The molecular formula is C20H21N9O2S. The molecule has 0 bridgehead atoms. The summed E-state index contributed by atoms with van der Waals surface area (Å²) in [5, 5.41) is 26.3. The summed E-state index contributed by atoms with van der Waals surface area (Å²) < 4.78 is 5.68. The molecule has 0 amide bonds. The molecule has 32 heavy (non-hydrogen) atoms. The molecule has 3 N–H and O–H groups in total. The molecule has 2 atom stereocenters. The van der Waals surface area contributed by atoms with Crippen LogP contribution in [0.25, 0.3) is 5.52 Å². The number of hydrogen-bond donors (Lipinski definition) is 3. The fourth-order valence-corrected chi connectivity index (χ4v) is 4.66. The molecule has 2 aliphatic rings. The number of anilines is 3. The Bertz CT molecular complexity index is 1260. The second-order valence-corrected chi connectivity index (χ2v) is 9.11. The predicted octanol–water partition coefficient (Wildman–Crippen LogP) is 1.68. The summed E-state index contributed by atoms with van der Waals surface area (Å²) in [6.45, 7) is 0.285. The average molecular weight is 452 g/mol. The van der Waals surface area contributed by atoms with Crippen LogP contribution in [0.5, 0.6) is 0 Å². The van der Waals surface area contributed by atoms with Gasteiger partial charge in [0.25, 0.3) is 0 Å². The second-order valence-electron chi connectivity index (χ2n) is 8.24. The van der Waals surface area contributed by atoms with E-state index in [1.54, 1.807) is 9.42 Å². The highest BCUT2D eigenvalue weighted by Crippen LogP contribution is 2.39. The van der Waals surface area contributed by atoms with Gasteiger partial charge in [-0.1, -0.05) is 0 Å². The highest BCUT2D eigenvalue weighted by atomic mass is 32.1. The van der Waals surface area contributed by atoms with E-state index in [-0.39, 0.29) is 18.7 Å². The highest BCUT2D eigenvalue weighted by molar-refractivity contribution is 7.05. The first kappa shape index (κ1) is 19.3. The minimum Gasteiger partial charge on any atom is -0.391 e. The van der Waals surface area contributed by atoms with Crippen molar-refractivity contribution in [3.05, 3.63) is 41.4 Å². The molecule has 1 aliphatic heterocycles. The summed E-state index contributed by atoms with van der Waals surface area (Å²) in [5.41, 5.74) is 1.92. The molecular weight excluding hydrogens is 430 g/mol. The highest BCUT2D eigenvalue weighted by Gasteiger charge is 2.38. The lowest BCUT2D eigenvalue weighted by Gasteiger charge is -2.23. The van der Waals surface area contributed by atoms with E-state index in [9.17, 15) is 9.90 Å². The van der Waals surface area contributed by atoms with E-state index in [2.05, 4.69) is 30.0 Å². The zero-order valence-electron chi connectivity index (χ0n) is 17.0. The Balaban J connectivity index is 1.31. The monoisotopic (exact) mass is 451 g/mol. The molecule has 0 aromatic carbocycles. The van der Waals surface area contributed by atoms with Crippen molar-refractivity contribution in [3.8, 4) is 0 Å². The topological polar surface area (TPSA) is 137 Å². The summed E-state index contributed by atoms with van der Waals surface area (Å²) in [4.78, 5) is 23.6. The quantitative estimate of drug-likeness (QED) is 0.383. The molecule has 1 saturated carbocycles. The molecule has 1 saturated heterocycles. The van der Waals surface area contributed by atoms with Crippen LogP contribution in [-0.2, 0) is 11.2 Å². The van der Waals surface area contributed by atoms with Crippen molar-refractivity contribution in [2.24, 2.45) is 0 Å². The molecule has 0 spiro atoms. The van der Waals surface area contributed by atoms with Crippen molar-refractivity contribution in [1.29, 1.82) is 0 Å². The summed E-state index contributed by atoms with van der Waals surface area (Å²) in [7, 11) is 0. The number of aliphatic hydroxyl groups is 1. The molecule has 12 heteroatoms. The number of carbonyl (C=O) groups excluding carboxylic acids is 1. The van der Waals surface area contributed by atoms with Crippen molar-refractivity contribution in [2.45, 2.75) is 43.7 Å². The second kappa shape index (κ2) is 7.64. The van der Waals surface area contributed by atoms with Gasteiger partial charge in [0.2, 0.25) is 5.95 Å². The zero-order valence-corrected chi connectivity index (χ0v) is 17.9. The van der Waals surface area contributed by atoms with E-state index >= 15 is 0 Å². The Hall–Kier alpha value is -3.38. The van der Waals surface area contributed by atoms with Crippen molar-refractivity contribution in [3.63, 3.8) is 0 Å². The van der Waals surface area contributed by atoms with Gasteiger partial charge in [-0.05, 0) is 36.5 Å². The number of fused-ring (bicyclic) bond motifs is 1. The Labute approximate surface area is 186 Å². The van der Waals surface area contributed by atoms with Crippen LogP contribution < -0.4 is 10.2 Å². The maximum Gasteiger partial charge on any atom is 0.246 e. The van der Waals surface area contributed by atoms with E-state index in [1.807, 2.05) is 24.4 Å². The SMILES string of the molecule is O=C(Cc1ncns1)[C@@H]1C[C@H](O)CN1c1nc(Nc2cc(C3CC3)[nH]n2)c2cccn2n1. The number of nitrogens with one attached hydrogen (secondary N) is 2. The lowest BCUT2D eigenvalue weighted by molar-refractivity contribution is -0.119. The number of H-pyrrole nitrogens is 1. The maximum absolute atomic E-state index is 13.0. The number of aromatic nitrogens is 7. The molecule has 11 nitrogen and oxygen atoms in total. The van der Waals surface area contributed by atoms with Crippen LogP contribution in [0.1, 0.15) is 35.9 Å². The number of β-amino-alcohol motifs (C(OH)–C–C–N with tert-alkyl or cyclic N) is 1. The van der Waals surface area contributed by atoms with Crippen LogP contribution in [-0.4, -0.2) is 63.7 Å². The van der Waals surface area contributed by atoms with E-state index < -0.39 is 12.1 Å². The molecule has 4 aromatic heterocycles. The largest absolute Gasteiger partial charge is 0.391 e. The van der Waals surface area contributed by atoms with Gasteiger partial charge in [0, 0.05) is 36.8 Å². The van der Waals surface area contributed by atoms with Crippen molar-refractivity contribution < 1.29 is 9.90 Å². The van der Waals surface area contributed by atoms with Gasteiger partial charge in [0.1, 0.15) is 16.9 Å². The third-order valence-corrected chi connectivity index (χ3v) is 6.54. The van der Waals surface area contributed by atoms with Crippen LogP contribution in [0.3, 0.4) is 0 Å². The van der Waals surface area contributed by atoms with E-state index in [0.29, 0.717) is 34.9 Å². The van der Waals surface area contributed by atoms with Crippen molar-refractivity contribution in [1.82, 2.24) is 34.2 Å². The fraction of sp³-hybridized carbons (Fsp3) is 0.400. The maximum atomic E-state index is 13.0. The van der Waals surface area contributed by atoms with Crippen LogP contribution in [0.4, 0.5) is 17.6 Å². The lowest BCUT2D eigenvalue weighted by atomic mass is 10.1. The Morgan fingerprint density at radius 3 is 3.09 bits per heavy atom. The minimum absolute atomic E-state index is 0.0367. The number of carbonyl (C=O) groups is 1. The lowest BCUT2D eigenvalue weighted by Crippen LogP contribution is -2.38. The summed E-state index contributed by atoms with van der Waals surface area (Å²) >= 11 is 1.20. The van der Waals surface area contributed by atoms with Gasteiger partial charge < -0.3 is 15.3 Å². The summed E-state index contributed by atoms with van der Waals surface area (Å²) in [5.74, 6) is 2.18. The average Bonchev–Trinajstić information content (AvgIpc) is 3.21. The van der Waals surface area contributed by atoms with Gasteiger partial charge >= 0.3 is 0 Å². The predicted molar refractivity (Wildman–Crippen MR) is 117 cm³/mol. The number of rotatable bonds is 7. The Morgan fingerprint density at radius 2 is 2.28 bits per heavy atom. The van der Waals surface area contributed by atoms with E-state index in [4.69, 9.17) is 4.98 Å². The molecule has 0 unspecified atom stereocenters. The molecule has 5 heterocycles. The van der Waals surface area contributed by atoms with Gasteiger partial charge in [-0.3, -0.25) is 9.89 Å². The molecule has 6 rings (SSSR count). The first-order valence-corrected chi connectivity index (χ1v) is 11.3. The smallest absolute Gasteiger partial charge is 0.246 e. The Morgan fingerprint density at radius 1 is 1.38 bits per heavy atom. The first-order chi connectivity index (χ1) is 15.6. The molecule has 0 radical (unpaired) electrons. The van der Waals surface area contributed by atoms with E-state index in [0.717, 1.165) is 11.2 Å². The standard InChI is InChI=1S/C20H21N9O2S/c30-12-6-15(16(31)8-18-21-10-22-32-18)28(9-12)20-24-19(14-2-1-5-29(14)27-20)23-17-7-13(25-26-17)11-3-4-11/h1-2,5,7,10-12,15,30H,3-4,6,8-9H2,(H2,23,24,25,26,27)/t12-,15-/m0/s1. The third kappa shape index (κ3) is 3.60. The van der Waals surface area contributed by atoms with Gasteiger partial charge in [-0.2, -0.15) is 14.5 Å². The fourth-order valence-electron chi connectivity index (χ4n) is 4.14. The normalized spacial score (nSPS) is 20.8. The van der Waals surface area contributed by atoms with Crippen molar-refractivity contribution >= 4 is 40.4 Å². The third-order valence-electron chi connectivity index (χ3n) is 5.88. The van der Waals surface area contributed by atoms with Crippen LogP contribution in [0.2, 0.25) is 0 Å². The van der Waals surface area contributed by atoms with Crippen LogP contribution in [0.15, 0.2) is 30.7 Å². The number of nitrogens with zero attached hydrogens (tertiary/aromatic N) is 7. The molecule has 4 aromatic rings. The molecule has 2 fully saturated rings. The van der Waals surface area contributed by atoms with Crippen LogP contribution >= 0.6 is 11.5 Å². The summed E-state index contributed by atoms with van der Waals surface area (Å²) in [6, 6.07) is 5.28. The Kier molecular flexibility index (Phi) is 4.61. The van der Waals surface area contributed by atoms with Gasteiger partial charge in [0.15, 0.2) is 17.4 Å². The molecule has 164 valence electrons. The molecule has 1 aliphatic carbocycles. The van der Waals surface area contributed by atoms with Gasteiger partial charge in [-0.15, -0.1) is 5.10 Å². The number of aromatic amines is 1. The number of aliphatic hydroxyl groups excluding tert-OH is 1. The van der Waals surface area contributed by atoms with E-state index in [1.165, 1.54) is 30.7 Å². The number of Topliss-reactive ketones (excluding diaryl/α,β-unsaturated/α-hetero) is 1. The zero-order chi connectivity index (χ0) is 21.7. The van der Waals surface area contributed by atoms with Gasteiger partial charge in [-0.25, -0.2) is 9.50 Å². The van der Waals surface area contributed by atoms with Crippen LogP contribution in [0, 0.1) is 0 Å². The first-order valence-electron chi connectivity index (χ1n) is 10.5. The van der Waals surface area contributed by atoms with Gasteiger partial charge in [0.05, 0.1) is 18.6 Å². The minimum atomic E-state index is -0.633. The number of ketones is 1.